The predicted molar refractivity (Wildman–Crippen MR) is 90.9 cm³/mol. The zero-order valence-corrected chi connectivity index (χ0v) is 14.0. The highest BCUT2D eigenvalue weighted by Crippen LogP contribution is 2.22. The zero-order valence-electron chi connectivity index (χ0n) is 14.0. The summed E-state index contributed by atoms with van der Waals surface area (Å²) in [5, 5.41) is 28.1. The van der Waals surface area contributed by atoms with Gasteiger partial charge in [0.05, 0.1) is 11.9 Å². The van der Waals surface area contributed by atoms with Crippen molar-refractivity contribution in [3.05, 3.63) is 41.2 Å². The monoisotopic (exact) mass is 356 g/mol. The second-order valence-electron chi connectivity index (χ2n) is 5.65. The molecule has 0 aliphatic heterocycles. The average molecular weight is 356 g/mol. The molecule has 0 radical (unpaired) electrons. The highest BCUT2D eigenvalue weighted by molar-refractivity contribution is 5.94. The van der Waals surface area contributed by atoms with E-state index in [1.807, 2.05) is 13.8 Å². The second-order valence-corrected chi connectivity index (χ2v) is 5.65. The molecule has 11 heteroatoms. The molecule has 0 saturated carbocycles. The number of aromatic nitrogens is 5. The zero-order chi connectivity index (χ0) is 18.7. The van der Waals surface area contributed by atoms with Crippen LogP contribution in [0.25, 0.3) is 5.82 Å². The lowest BCUT2D eigenvalue weighted by atomic mass is 10.1. The molecule has 1 aromatic carbocycles. The van der Waals surface area contributed by atoms with Gasteiger partial charge in [0, 0.05) is 0 Å². The van der Waals surface area contributed by atoms with E-state index in [2.05, 4.69) is 35.8 Å². The molecule has 3 rings (SSSR count). The summed E-state index contributed by atoms with van der Waals surface area (Å²) in [5.74, 6) is -0.305. The van der Waals surface area contributed by atoms with E-state index < -0.39 is 5.91 Å². The van der Waals surface area contributed by atoms with Gasteiger partial charge >= 0.3 is 0 Å². The number of nitrogens with zero attached hydrogens (tertiary/aromatic N) is 6. The van der Waals surface area contributed by atoms with E-state index in [0.29, 0.717) is 11.3 Å². The van der Waals surface area contributed by atoms with Crippen LogP contribution in [-0.4, -0.2) is 42.5 Å². The van der Waals surface area contributed by atoms with Crippen molar-refractivity contribution in [2.45, 2.75) is 19.8 Å². The van der Waals surface area contributed by atoms with Crippen LogP contribution in [0, 0.1) is 0 Å². The number of hydrogen-bond acceptors (Lipinski definition) is 9. The maximum absolute atomic E-state index is 12.4. The number of aromatic hydroxyl groups is 1. The van der Waals surface area contributed by atoms with Crippen LogP contribution in [0.2, 0.25) is 0 Å². The molecule has 0 fully saturated rings. The summed E-state index contributed by atoms with van der Waals surface area (Å²) in [4.78, 5) is 12.4. The first-order valence-corrected chi connectivity index (χ1v) is 7.63. The highest BCUT2D eigenvalue weighted by atomic mass is 16.6. The first-order valence-electron chi connectivity index (χ1n) is 7.63. The fourth-order valence-corrected chi connectivity index (χ4v) is 2.24. The smallest absolute Gasteiger partial charge is 0.293 e. The van der Waals surface area contributed by atoms with Crippen LogP contribution < -0.4 is 11.2 Å². The quantitative estimate of drug-likeness (QED) is 0.448. The third kappa shape index (κ3) is 3.36. The second kappa shape index (κ2) is 7.01. The van der Waals surface area contributed by atoms with Crippen LogP contribution in [0.15, 0.2) is 34.0 Å². The minimum atomic E-state index is -0.537. The van der Waals surface area contributed by atoms with E-state index in [1.165, 1.54) is 23.0 Å². The number of carbonyl (C=O) groups is 1. The van der Waals surface area contributed by atoms with Crippen molar-refractivity contribution in [3.8, 4) is 11.6 Å². The van der Waals surface area contributed by atoms with Gasteiger partial charge in [0.1, 0.15) is 5.75 Å². The van der Waals surface area contributed by atoms with Crippen LogP contribution in [0.1, 0.15) is 41.5 Å². The summed E-state index contributed by atoms with van der Waals surface area (Å²) in [7, 11) is 0. The molecule has 0 spiro atoms. The number of benzene rings is 1. The SMILES string of the molecule is CC(C)c1c(C(=O)N/N=C/c2ccc(O)cc2)nnn1-c1nonc1N. The van der Waals surface area contributed by atoms with Gasteiger partial charge in [-0.25, -0.2) is 10.1 Å². The van der Waals surface area contributed by atoms with Crippen molar-refractivity contribution in [2.75, 3.05) is 5.73 Å². The third-order valence-electron chi connectivity index (χ3n) is 3.44. The Hall–Kier alpha value is -3.76. The van der Waals surface area contributed by atoms with Crippen molar-refractivity contribution < 1.29 is 14.5 Å². The molecule has 0 aliphatic rings. The lowest BCUT2D eigenvalue weighted by Gasteiger charge is -2.08. The van der Waals surface area contributed by atoms with E-state index in [4.69, 9.17) is 5.73 Å². The largest absolute Gasteiger partial charge is 0.508 e. The Balaban J connectivity index is 1.82. The van der Waals surface area contributed by atoms with Gasteiger partial charge in [0.25, 0.3) is 5.91 Å². The molecule has 2 aromatic heterocycles. The minimum absolute atomic E-state index is 0.0362. The molecule has 3 aromatic rings. The summed E-state index contributed by atoms with van der Waals surface area (Å²) in [5.41, 5.74) is 9.36. The highest BCUT2D eigenvalue weighted by Gasteiger charge is 2.25. The Bertz CT molecular complexity index is 942. The number of carbonyl (C=O) groups excluding carboxylic acids is 1. The first-order chi connectivity index (χ1) is 12.5. The van der Waals surface area contributed by atoms with E-state index in [9.17, 15) is 9.90 Å². The van der Waals surface area contributed by atoms with Gasteiger partial charge in [-0.2, -0.15) is 9.78 Å². The molecule has 11 nitrogen and oxygen atoms in total. The number of anilines is 1. The number of nitrogen functional groups attached to an aromatic ring is 1. The topological polar surface area (TPSA) is 157 Å². The lowest BCUT2D eigenvalue weighted by molar-refractivity contribution is 0.0948. The molecule has 26 heavy (non-hydrogen) atoms. The molecule has 0 unspecified atom stereocenters. The maximum atomic E-state index is 12.4. The molecular weight excluding hydrogens is 340 g/mol. The van der Waals surface area contributed by atoms with E-state index in [1.54, 1.807) is 12.1 Å². The Morgan fingerprint density at radius 3 is 2.69 bits per heavy atom. The summed E-state index contributed by atoms with van der Waals surface area (Å²) < 4.78 is 5.89. The molecule has 2 heterocycles. The van der Waals surface area contributed by atoms with Crippen LogP contribution in [0.3, 0.4) is 0 Å². The van der Waals surface area contributed by atoms with Gasteiger partial charge < -0.3 is 10.8 Å². The molecule has 0 saturated heterocycles. The van der Waals surface area contributed by atoms with Gasteiger partial charge in [-0.15, -0.1) is 5.10 Å². The standard InChI is InChI=1S/C15H16N8O3/c1-8(2)12-11(18-22-23(12)14-13(16)20-26-21-14)15(25)19-17-7-9-3-5-10(24)6-4-9/h3-8,24H,1-2H3,(H2,16,20)(H,19,25)/b17-7+. The van der Waals surface area contributed by atoms with Crippen molar-refractivity contribution in [1.29, 1.82) is 0 Å². The van der Waals surface area contributed by atoms with Gasteiger partial charge in [0.2, 0.25) is 11.6 Å². The van der Waals surface area contributed by atoms with E-state index >= 15 is 0 Å². The molecule has 0 atom stereocenters. The van der Waals surface area contributed by atoms with Crippen LogP contribution in [-0.2, 0) is 0 Å². The fourth-order valence-electron chi connectivity index (χ4n) is 2.24. The third-order valence-corrected chi connectivity index (χ3v) is 3.44. The fraction of sp³-hybridized carbons (Fsp3) is 0.200. The Morgan fingerprint density at radius 1 is 1.35 bits per heavy atom. The molecule has 4 N–H and O–H groups in total. The Labute approximate surface area is 147 Å². The normalized spacial score (nSPS) is 11.3. The number of hydrogen-bond donors (Lipinski definition) is 3. The van der Waals surface area contributed by atoms with Gasteiger partial charge in [-0.1, -0.05) is 19.1 Å². The summed E-state index contributed by atoms with van der Waals surface area (Å²) in [6.07, 6.45) is 1.44. The van der Waals surface area contributed by atoms with Crippen LogP contribution in [0.4, 0.5) is 5.82 Å². The van der Waals surface area contributed by atoms with Crippen molar-refractivity contribution in [1.82, 2.24) is 30.7 Å². The lowest BCUT2D eigenvalue weighted by Crippen LogP contribution is -2.21. The molecule has 134 valence electrons. The molecule has 1 amide bonds. The van der Waals surface area contributed by atoms with Gasteiger partial charge in [0.15, 0.2) is 5.69 Å². The number of nitrogens with two attached hydrogens (primary N) is 1. The summed E-state index contributed by atoms with van der Waals surface area (Å²) in [6, 6.07) is 6.34. The number of hydrazone groups is 1. The summed E-state index contributed by atoms with van der Waals surface area (Å²) >= 11 is 0. The number of rotatable bonds is 5. The minimum Gasteiger partial charge on any atom is -0.508 e. The van der Waals surface area contributed by atoms with Crippen LogP contribution >= 0.6 is 0 Å². The number of amides is 1. The summed E-state index contributed by atoms with van der Waals surface area (Å²) in [6.45, 7) is 3.74. The average Bonchev–Trinajstić information content (AvgIpc) is 3.22. The number of nitrogens with one attached hydrogen (secondary N) is 1. The number of phenolic OH excluding ortho intramolecular Hbond substituents is 1. The van der Waals surface area contributed by atoms with Crippen LogP contribution in [0.5, 0.6) is 5.75 Å². The van der Waals surface area contributed by atoms with Crippen molar-refractivity contribution >= 4 is 17.9 Å². The first kappa shape index (κ1) is 17.1. The Kier molecular flexibility index (Phi) is 4.60. The molecular formula is C15H16N8O3. The number of phenols is 1. The predicted octanol–water partition coefficient (Wildman–Crippen LogP) is 0.825. The van der Waals surface area contributed by atoms with Gasteiger partial charge in [-0.05, 0) is 46.1 Å². The van der Waals surface area contributed by atoms with E-state index in [0.717, 1.165) is 0 Å². The van der Waals surface area contributed by atoms with Crippen molar-refractivity contribution in [2.24, 2.45) is 5.10 Å². The Morgan fingerprint density at radius 2 is 2.08 bits per heavy atom. The van der Waals surface area contributed by atoms with Crippen molar-refractivity contribution in [3.63, 3.8) is 0 Å². The van der Waals surface area contributed by atoms with E-state index in [-0.39, 0.29) is 29.0 Å². The van der Waals surface area contributed by atoms with Gasteiger partial charge in [-0.3, -0.25) is 4.79 Å². The maximum Gasteiger partial charge on any atom is 0.293 e. The molecule has 0 bridgehead atoms. The molecule has 0 aliphatic carbocycles.